The average Bonchev–Trinajstić information content (AvgIpc) is 3.07. The van der Waals surface area contributed by atoms with Gasteiger partial charge in [0.25, 0.3) is 5.91 Å². The molecule has 1 aromatic carbocycles. The summed E-state index contributed by atoms with van der Waals surface area (Å²) in [6.45, 7) is 2.97. The first-order valence-electron chi connectivity index (χ1n) is 8.63. The van der Waals surface area contributed by atoms with Gasteiger partial charge in [-0.15, -0.1) is 0 Å². The third-order valence-corrected chi connectivity index (χ3v) is 5.17. The van der Waals surface area contributed by atoms with Crippen molar-refractivity contribution >= 4 is 17.5 Å². The van der Waals surface area contributed by atoms with E-state index < -0.39 is 6.10 Å². The Kier molecular flexibility index (Phi) is 3.92. The van der Waals surface area contributed by atoms with Crippen molar-refractivity contribution in [3.05, 3.63) is 24.3 Å². The average molecular weight is 330 g/mol. The van der Waals surface area contributed by atoms with Gasteiger partial charge >= 0.3 is 0 Å². The van der Waals surface area contributed by atoms with Crippen molar-refractivity contribution in [2.45, 2.75) is 44.4 Å². The van der Waals surface area contributed by atoms with Gasteiger partial charge in [0.05, 0.1) is 24.4 Å². The first-order chi connectivity index (χ1) is 11.6. The molecule has 1 saturated carbocycles. The van der Waals surface area contributed by atoms with E-state index in [0.717, 1.165) is 19.3 Å². The molecular weight excluding hydrogens is 308 g/mol. The maximum Gasteiger partial charge on any atom is 0.268 e. The number of ether oxygens (including phenoxy) is 2. The summed E-state index contributed by atoms with van der Waals surface area (Å²) in [4.78, 5) is 28.9. The van der Waals surface area contributed by atoms with E-state index in [-0.39, 0.29) is 30.5 Å². The zero-order chi connectivity index (χ0) is 16.7. The van der Waals surface area contributed by atoms with Crippen molar-refractivity contribution < 1.29 is 19.1 Å². The van der Waals surface area contributed by atoms with Crippen LogP contribution in [-0.2, 0) is 14.3 Å². The molecule has 0 N–H and O–H groups in total. The van der Waals surface area contributed by atoms with Crippen LogP contribution in [0.15, 0.2) is 24.3 Å². The number of carbonyl (C=O) groups is 2. The number of nitrogens with zero attached hydrogens (tertiary/aromatic N) is 2. The maximum atomic E-state index is 12.9. The number of fused-ring (bicyclic) bond motifs is 2. The van der Waals surface area contributed by atoms with Crippen LogP contribution in [-0.4, -0.2) is 54.7 Å². The fraction of sp³-hybridized carbons (Fsp3) is 0.556. The summed E-state index contributed by atoms with van der Waals surface area (Å²) in [5, 5.41) is 0. The first kappa shape index (κ1) is 15.4. The second-order valence-corrected chi connectivity index (χ2v) is 6.65. The normalized spacial score (nSPS) is 29.0. The largest absolute Gasteiger partial charge is 0.479 e. The highest BCUT2D eigenvalue weighted by Gasteiger charge is 2.40. The minimum absolute atomic E-state index is 0.00699. The van der Waals surface area contributed by atoms with Crippen molar-refractivity contribution in [2.24, 2.45) is 0 Å². The Hall–Kier alpha value is -2.08. The van der Waals surface area contributed by atoms with Crippen molar-refractivity contribution in [1.82, 2.24) is 4.90 Å². The second kappa shape index (κ2) is 6.09. The topological polar surface area (TPSA) is 59.1 Å². The summed E-state index contributed by atoms with van der Waals surface area (Å²) in [6, 6.07) is 7.54. The molecule has 0 unspecified atom stereocenters. The number of para-hydroxylation sites is 2. The Morgan fingerprint density at radius 3 is 3.00 bits per heavy atom. The van der Waals surface area contributed by atoms with E-state index in [1.54, 1.807) is 11.8 Å². The minimum atomic E-state index is -0.573. The molecular formula is C18H22N2O4. The van der Waals surface area contributed by atoms with Crippen LogP contribution in [0.25, 0.3) is 0 Å². The van der Waals surface area contributed by atoms with Crippen LogP contribution >= 0.6 is 0 Å². The standard InChI is InChI=1S/C18H22N2O4/c1-12-18(22)20(14-5-2-3-7-16(14)24-12)11-17(21)19-9-10-23-15-8-4-6-13(15)19/h2-3,5,7,12-13,15H,4,6,8-11H2,1H3/t12-,13-,15+/m0/s1. The van der Waals surface area contributed by atoms with Gasteiger partial charge in [-0.2, -0.15) is 0 Å². The number of amides is 2. The van der Waals surface area contributed by atoms with Crippen molar-refractivity contribution in [2.75, 3.05) is 24.6 Å². The van der Waals surface area contributed by atoms with Gasteiger partial charge in [0.2, 0.25) is 5.91 Å². The highest BCUT2D eigenvalue weighted by molar-refractivity contribution is 6.03. The lowest BCUT2D eigenvalue weighted by atomic mass is 10.1. The summed E-state index contributed by atoms with van der Waals surface area (Å²) in [5.41, 5.74) is 0.671. The van der Waals surface area contributed by atoms with Gasteiger partial charge in [-0.1, -0.05) is 12.1 Å². The molecule has 1 aliphatic carbocycles. The zero-order valence-corrected chi connectivity index (χ0v) is 13.8. The molecule has 1 saturated heterocycles. The van der Waals surface area contributed by atoms with Gasteiger partial charge in [-0.25, -0.2) is 0 Å². The number of hydrogen-bond acceptors (Lipinski definition) is 4. The monoisotopic (exact) mass is 330 g/mol. The Balaban J connectivity index is 1.55. The summed E-state index contributed by atoms with van der Waals surface area (Å²) >= 11 is 0. The second-order valence-electron chi connectivity index (χ2n) is 6.65. The highest BCUT2D eigenvalue weighted by atomic mass is 16.5. The van der Waals surface area contributed by atoms with Gasteiger partial charge in [-0.05, 0) is 38.3 Å². The predicted octanol–water partition coefficient (Wildman–Crippen LogP) is 1.58. The van der Waals surface area contributed by atoms with Gasteiger partial charge in [0.15, 0.2) is 6.10 Å². The Morgan fingerprint density at radius 2 is 2.12 bits per heavy atom. The van der Waals surface area contributed by atoms with Crippen LogP contribution in [0, 0.1) is 0 Å². The van der Waals surface area contributed by atoms with Crippen molar-refractivity contribution in [3.8, 4) is 5.75 Å². The first-order valence-corrected chi connectivity index (χ1v) is 8.63. The molecule has 6 heteroatoms. The maximum absolute atomic E-state index is 12.9. The van der Waals surface area contributed by atoms with E-state index in [2.05, 4.69) is 0 Å². The predicted molar refractivity (Wildman–Crippen MR) is 88.0 cm³/mol. The number of carbonyl (C=O) groups excluding carboxylic acids is 2. The SMILES string of the molecule is C[C@@H]1Oc2ccccc2N(CC(=O)N2CCO[C@@H]3CCC[C@@H]32)C1=O. The van der Waals surface area contributed by atoms with Crippen LogP contribution in [0.5, 0.6) is 5.75 Å². The van der Waals surface area contributed by atoms with Crippen LogP contribution in [0.1, 0.15) is 26.2 Å². The van der Waals surface area contributed by atoms with Crippen LogP contribution in [0.3, 0.4) is 0 Å². The molecule has 6 nitrogen and oxygen atoms in total. The molecule has 0 spiro atoms. The molecule has 2 heterocycles. The van der Waals surface area contributed by atoms with Crippen LogP contribution in [0.4, 0.5) is 5.69 Å². The molecule has 3 atom stereocenters. The fourth-order valence-corrected chi connectivity index (χ4v) is 3.98. The van der Waals surface area contributed by atoms with Gasteiger partial charge < -0.3 is 14.4 Å². The molecule has 4 rings (SSSR count). The van der Waals surface area contributed by atoms with Gasteiger partial charge in [-0.3, -0.25) is 14.5 Å². The zero-order valence-electron chi connectivity index (χ0n) is 13.8. The lowest BCUT2D eigenvalue weighted by molar-refractivity contribution is -0.143. The Labute approximate surface area is 141 Å². The van der Waals surface area contributed by atoms with Gasteiger partial charge in [0.1, 0.15) is 12.3 Å². The number of anilines is 1. The summed E-state index contributed by atoms with van der Waals surface area (Å²) < 4.78 is 11.4. The smallest absolute Gasteiger partial charge is 0.268 e. The van der Waals surface area contributed by atoms with E-state index >= 15 is 0 Å². The minimum Gasteiger partial charge on any atom is -0.479 e. The van der Waals surface area contributed by atoms with Crippen molar-refractivity contribution in [1.29, 1.82) is 0 Å². The molecule has 1 aromatic rings. The van der Waals surface area contributed by atoms with Crippen LogP contribution in [0.2, 0.25) is 0 Å². The fourth-order valence-electron chi connectivity index (χ4n) is 3.98. The van der Waals surface area contributed by atoms with E-state index in [4.69, 9.17) is 9.47 Å². The molecule has 0 radical (unpaired) electrons. The summed E-state index contributed by atoms with van der Waals surface area (Å²) in [7, 11) is 0. The number of hydrogen-bond donors (Lipinski definition) is 0. The number of rotatable bonds is 2. The van der Waals surface area contributed by atoms with Gasteiger partial charge in [0, 0.05) is 6.54 Å². The van der Waals surface area contributed by atoms with E-state index in [1.807, 2.05) is 29.2 Å². The highest BCUT2D eigenvalue weighted by Crippen LogP contribution is 2.34. The molecule has 3 aliphatic rings. The summed E-state index contributed by atoms with van der Waals surface area (Å²) in [6.07, 6.45) is 2.69. The lowest BCUT2D eigenvalue weighted by Crippen LogP contribution is -2.55. The third kappa shape index (κ3) is 2.55. The molecule has 0 aromatic heterocycles. The molecule has 0 bridgehead atoms. The number of benzene rings is 1. The number of morpholine rings is 1. The molecule has 2 amide bonds. The van der Waals surface area contributed by atoms with E-state index in [1.165, 1.54) is 0 Å². The van der Waals surface area contributed by atoms with Crippen LogP contribution < -0.4 is 9.64 Å². The molecule has 24 heavy (non-hydrogen) atoms. The lowest BCUT2D eigenvalue weighted by Gasteiger charge is -2.39. The summed E-state index contributed by atoms with van der Waals surface area (Å²) in [5.74, 6) is 0.476. The molecule has 128 valence electrons. The van der Waals surface area contributed by atoms with E-state index in [9.17, 15) is 9.59 Å². The Morgan fingerprint density at radius 1 is 1.29 bits per heavy atom. The molecule has 2 fully saturated rings. The van der Waals surface area contributed by atoms with E-state index in [0.29, 0.717) is 24.6 Å². The van der Waals surface area contributed by atoms with Crippen molar-refractivity contribution in [3.63, 3.8) is 0 Å². The third-order valence-electron chi connectivity index (χ3n) is 5.17. The Bertz CT molecular complexity index is 662. The quantitative estimate of drug-likeness (QED) is 0.826. The molecule has 2 aliphatic heterocycles.